The Hall–Kier alpha value is -1.59. The monoisotopic (exact) mass is 327 g/mol. The zero-order valence-electron chi connectivity index (χ0n) is 11.1. The van der Waals surface area contributed by atoms with Crippen molar-refractivity contribution >= 4 is 35.0 Å². The highest BCUT2D eigenvalue weighted by Gasteiger charge is 2.09. The van der Waals surface area contributed by atoms with Crippen LogP contribution in [0.3, 0.4) is 0 Å². The van der Waals surface area contributed by atoms with Gasteiger partial charge in [0.1, 0.15) is 11.6 Å². The first-order valence-electron chi connectivity index (χ1n) is 6.09. The third-order valence-electron chi connectivity index (χ3n) is 2.73. The summed E-state index contributed by atoms with van der Waals surface area (Å²) in [6.45, 7) is 1.84. The third kappa shape index (κ3) is 4.44. The molecule has 0 radical (unpaired) electrons. The SMILES string of the molecule is Cc1ccc(Cl)cc1NC(=O)CSc1cc(F)ccc1F. The van der Waals surface area contributed by atoms with Gasteiger partial charge in [0.25, 0.3) is 0 Å². The molecule has 0 aromatic heterocycles. The number of anilines is 1. The van der Waals surface area contributed by atoms with Gasteiger partial charge in [0.2, 0.25) is 5.91 Å². The zero-order valence-corrected chi connectivity index (χ0v) is 12.7. The van der Waals surface area contributed by atoms with Crippen molar-refractivity contribution in [2.45, 2.75) is 11.8 Å². The van der Waals surface area contributed by atoms with Crippen LogP contribution in [-0.2, 0) is 4.79 Å². The molecule has 0 aliphatic carbocycles. The molecule has 0 fully saturated rings. The van der Waals surface area contributed by atoms with E-state index in [9.17, 15) is 13.6 Å². The first-order chi connectivity index (χ1) is 9.95. The number of amides is 1. The van der Waals surface area contributed by atoms with Gasteiger partial charge in [-0.15, -0.1) is 11.8 Å². The Kier molecular flexibility index (Phi) is 5.20. The summed E-state index contributed by atoms with van der Waals surface area (Å²) < 4.78 is 26.4. The average Bonchev–Trinajstić information content (AvgIpc) is 2.44. The fraction of sp³-hybridized carbons (Fsp3) is 0.133. The van der Waals surface area contributed by atoms with Gasteiger partial charge in [0.15, 0.2) is 0 Å². The Morgan fingerprint density at radius 3 is 2.76 bits per heavy atom. The maximum Gasteiger partial charge on any atom is 0.234 e. The second-order valence-electron chi connectivity index (χ2n) is 4.37. The summed E-state index contributed by atoms with van der Waals surface area (Å²) in [5, 5.41) is 3.21. The summed E-state index contributed by atoms with van der Waals surface area (Å²) in [6, 6.07) is 8.30. The Morgan fingerprint density at radius 1 is 1.24 bits per heavy atom. The van der Waals surface area contributed by atoms with Crippen LogP contribution in [0.1, 0.15) is 5.56 Å². The Morgan fingerprint density at radius 2 is 2.00 bits per heavy atom. The maximum absolute atomic E-state index is 13.4. The molecule has 0 heterocycles. The number of thioether (sulfide) groups is 1. The molecule has 0 saturated carbocycles. The fourth-order valence-corrected chi connectivity index (χ4v) is 2.58. The molecule has 0 unspecified atom stereocenters. The first kappa shape index (κ1) is 15.8. The van der Waals surface area contributed by atoms with Crippen LogP contribution in [0.25, 0.3) is 0 Å². The lowest BCUT2D eigenvalue weighted by Crippen LogP contribution is -2.15. The lowest BCUT2D eigenvalue weighted by Gasteiger charge is -2.09. The van der Waals surface area contributed by atoms with E-state index in [-0.39, 0.29) is 16.6 Å². The highest BCUT2D eigenvalue weighted by Crippen LogP contribution is 2.24. The van der Waals surface area contributed by atoms with E-state index in [0.717, 1.165) is 35.5 Å². The van der Waals surface area contributed by atoms with Gasteiger partial charge in [-0.3, -0.25) is 4.79 Å². The van der Waals surface area contributed by atoms with Crippen LogP contribution in [0, 0.1) is 18.6 Å². The molecule has 21 heavy (non-hydrogen) atoms. The average molecular weight is 328 g/mol. The number of aryl methyl sites for hydroxylation is 1. The molecule has 6 heteroatoms. The molecule has 1 N–H and O–H groups in total. The molecule has 2 aromatic carbocycles. The van der Waals surface area contributed by atoms with E-state index >= 15 is 0 Å². The number of halogens is 3. The molecule has 0 bridgehead atoms. The second kappa shape index (κ2) is 6.91. The van der Waals surface area contributed by atoms with Crippen molar-refractivity contribution in [2.24, 2.45) is 0 Å². The van der Waals surface area contributed by atoms with E-state index in [1.165, 1.54) is 0 Å². The largest absolute Gasteiger partial charge is 0.325 e. The van der Waals surface area contributed by atoms with Gasteiger partial charge in [0, 0.05) is 15.6 Å². The molecule has 2 nitrogen and oxygen atoms in total. The van der Waals surface area contributed by atoms with Crippen molar-refractivity contribution in [3.63, 3.8) is 0 Å². The molecule has 2 aromatic rings. The van der Waals surface area contributed by atoms with Crippen molar-refractivity contribution in [3.8, 4) is 0 Å². The van der Waals surface area contributed by atoms with E-state index in [1.54, 1.807) is 18.2 Å². The summed E-state index contributed by atoms with van der Waals surface area (Å²) in [5.74, 6) is -1.42. The summed E-state index contributed by atoms with van der Waals surface area (Å²) in [7, 11) is 0. The Labute approximate surface area is 130 Å². The van der Waals surface area contributed by atoms with Crippen LogP contribution in [0.2, 0.25) is 5.02 Å². The highest BCUT2D eigenvalue weighted by molar-refractivity contribution is 8.00. The van der Waals surface area contributed by atoms with Crippen molar-refractivity contribution < 1.29 is 13.6 Å². The number of nitrogens with one attached hydrogen (secondary N) is 1. The van der Waals surface area contributed by atoms with Crippen LogP contribution < -0.4 is 5.32 Å². The Bertz CT molecular complexity index is 679. The minimum Gasteiger partial charge on any atom is -0.325 e. The van der Waals surface area contributed by atoms with E-state index < -0.39 is 11.6 Å². The summed E-state index contributed by atoms with van der Waals surface area (Å²) in [6.07, 6.45) is 0. The van der Waals surface area contributed by atoms with Gasteiger partial charge in [-0.2, -0.15) is 0 Å². The number of hydrogen-bond donors (Lipinski definition) is 1. The molecule has 110 valence electrons. The summed E-state index contributed by atoms with van der Waals surface area (Å²) >= 11 is 6.80. The van der Waals surface area contributed by atoms with Gasteiger partial charge >= 0.3 is 0 Å². The van der Waals surface area contributed by atoms with Gasteiger partial charge in [-0.1, -0.05) is 17.7 Å². The van der Waals surface area contributed by atoms with Crippen LogP contribution in [0.4, 0.5) is 14.5 Å². The van der Waals surface area contributed by atoms with Gasteiger partial charge < -0.3 is 5.32 Å². The third-order valence-corrected chi connectivity index (χ3v) is 3.99. The van der Waals surface area contributed by atoms with Crippen LogP contribution in [-0.4, -0.2) is 11.7 Å². The molecule has 1 amide bonds. The first-order valence-corrected chi connectivity index (χ1v) is 7.46. The van der Waals surface area contributed by atoms with Crippen molar-refractivity contribution in [3.05, 3.63) is 58.6 Å². The molecular formula is C15H12ClF2NOS. The van der Waals surface area contributed by atoms with Gasteiger partial charge in [-0.05, 0) is 42.8 Å². The normalized spacial score (nSPS) is 10.5. The Balaban J connectivity index is 1.99. The van der Waals surface area contributed by atoms with Gasteiger partial charge in [0.05, 0.1) is 5.75 Å². The van der Waals surface area contributed by atoms with E-state index in [2.05, 4.69) is 5.32 Å². The lowest BCUT2D eigenvalue weighted by molar-refractivity contribution is -0.113. The maximum atomic E-state index is 13.4. The molecular weight excluding hydrogens is 316 g/mol. The van der Waals surface area contributed by atoms with Crippen LogP contribution in [0.5, 0.6) is 0 Å². The standard InChI is InChI=1S/C15H12ClF2NOS/c1-9-2-3-10(16)6-13(9)19-15(20)8-21-14-7-11(17)4-5-12(14)18/h2-7H,8H2,1H3,(H,19,20). The summed E-state index contributed by atoms with van der Waals surface area (Å²) in [5.41, 5.74) is 1.47. The number of carbonyl (C=O) groups is 1. The number of rotatable bonds is 4. The van der Waals surface area contributed by atoms with Crippen LogP contribution >= 0.6 is 23.4 Å². The van der Waals surface area contributed by atoms with Crippen molar-refractivity contribution in [1.82, 2.24) is 0 Å². The zero-order chi connectivity index (χ0) is 15.4. The molecule has 0 aliphatic heterocycles. The minimum atomic E-state index is -0.548. The van der Waals surface area contributed by atoms with E-state index in [4.69, 9.17) is 11.6 Å². The number of benzene rings is 2. The van der Waals surface area contributed by atoms with E-state index in [0.29, 0.717) is 10.7 Å². The predicted octanol–water partition coefficient (Wildman–Crippen LogP) is 4.66. The molecule has 0 saturated heterocycles. The molecule has 2 rings (SSSR count). The number of carbonyl (C=O) groups excluding carboxylic acids is 1. The number of hydrogen-bond acceptors (Lipinski definition) is 2. The smallest absolute Gasteiger partial charge is 0.234 e. The lowest BCUT2D eigenvalue weighted by atomic mass is 10.2. The highest BCUT2D eigenvalue weighted by atomic mass is 35.5. The van der Waals surface area contributed by atoms with Crippen molar-refractivity contribution in [2.75, 3.05) is 11.1 Å². The second-order valence-corrected chi connectivity index (χ2v) is 5.82. The molecule has 0 spiro atoms. The van der Waals surface area contributed by atoms with Crippen LogP contribution in [0.15, 0.2) is 41.3 Å². The molecule has 0 aliphatic rings. The van der Waals surface area contributed by atoms with Gasteiger partial charge in [-0.25, -0.2) is 8.78 Å². The summed E-state index contributed by atoms with van der Waals surface area (Å²) in [4.78, 5) is 12.0. The minimum absolute atomic E-state index is 0.0215. The quantitative estimate of drug-likeness (QED) is 0.828. The van der Waals surface area contributed by atoms with E-state index in [1.807, 2.05) is 6.92 Å². The molecule has 0 atom stereocenters. The fourth-order valence-electron chi connectivity index (χ4n) is 1.65. The predicted molar refractivity (Wildman–Crippen MR) is 81.9 cm³/mol. The van der Waals surface area contributed by atoms with Crippen molar-refractivity contribution in [1.29, 1.82) is 0 Å². The topological polar surface area (TPSA) is 29.1 Å².